The molecule has 2 heterocycles. The first-order valence-corrected chi connectivity index (χ1v) is 6.49. The fraction of sp³-hybridized carbons (Fsp3) is 0.667. The molecular weight excluding hydrogens is 222 g/mol. The molecule has 0 amide bonds. The van der Waals surface area contributed by atoms with E-state index < -0.39 is 0 Å². The minimum Gasteiger partial charge on any atom is -0.487 e. The molecule has 1 aromatic heterocycles. The van der Waals surface area contributed by atoms with Crippen molar-refractivity contribution in [3.63, 3.8) is 0 Å². The average Bonchev–Trinajstić information content (AvgIpc) is 2.75. The van der Waals surface area contributed by atoms with Gasteiger partial charge >= 0.3 is 0 Å². The molecule has 0 unspecified atom stereocenters. The summed E-state index contributed by atoms with van der Waals surface area (Å²) in [6.45, 7) is 4.94. The van der Waals surface area contributed by atoms with Crippen LogP contribution in [0, 0.1) is 0 Å². The topological polar surface area (TPSA) is 30.5 Å². The van der Waals surface area contributed by atoms with E-state index in [1.165, 1.54) is 4.88 Å². The maximum absolute atomic E-state index is 5.38. The van der Waals surface area contributed by atoms with E-state index in [0.717, 1.165) is 37.7 Å². The van der Waals surface area contributed by atoms with Crippen molar-refractivity contribution in [2.45, 2.75) is 31.8 Å². The second kappa shape index (κ2) is 5.17. The number of nitrogens with one attached hydrogen (secondary N) is 1. The Morgan fingerprint density at radius 3 is 2.81 bits per heavy atom. The molecule has 0 bridgehead atoms. The van der Waals surface area contributed by atoms with Gasteiger partial charge in [0.05, 0.1) is 7.11 Å². The highest BCUT2D eigenvalue weighted by atomic mass is 32.1. The normalized spacial score (nSPS) is 19.6. The van der Waals surface area contributed by atoms with Crippen LogP contribution >= 0.6 is 11.3 Å². The standard InChI is InChI=1S/C12H19NO2S/c1-12(5-7-15-8-6-12)13-9-10-3-4-11(14-2)16-10/h3-4,13H,5-9H2,1-2H3. The number of rotatable bonds is 4. The van der Waals surface area contributed by atoms with E-state index in [0.29, 0.717) is 0 Å². The zero-order valence-electron chi connectivity index (χ0n) is 9.91. The quantitative estimate of drug-likeness (QED) is 0.878. The first kappa shape index (κ1) is 11.9. The Morgan fingerprint density at radius 1 is 1.44 bits per heavy atom. The Kier molecular flexibility index (Phi) is 3.84. The van der Waals surface area contributed by atoms with E-state index in [-0.39, 0.29) is 5.54 Å². The van der Waals surface area contributed by atoms with Crippen molar-refractivity contribution in [1.82, 2.24) is 5.32 Å². The first-order chi connectivity index (χ1) is 7.72. The smallest absolute Gasteiger partial charge is 0.173 e. The summed E-state index contributed by atoms with van der Waals surface area (Å²) >= 11 is 1.70. The molecule has 1 saturated heterocycles. The van der Waals surface area contributed by atoms with Gasteiger partial charge in [0.15, 0.2) is 5.06 Å². The van der Waals surface area contributed by atoms with Crippen LogP contribution in [-0.2, 0) is 11.3 Å². The second-order valence-corrected chi connectivity index (χ2v) is 5.58. The third-order valence-electron chi connectivity index (χ3n) is 3.12. The van der Waals surface area contributed by atoms with Gasteiger partial charge in [-0.3, -0.25) is 0 Å². The van der Waals surface area contributed by atoms with Crippen molar-refractivity contribution < 1.29 is 9.47 Å². The molecule has 90 valence electrons. The molecule has 4 heteroatoms. The van der Waals surface area contributed by atoms with Gasteiger partial charge in [-0.2, -0.15) is 0 Å². The van der Waals surface area contributed by atoms with Crippen molar-refractivity contribution >= 4 is 11.3 Å². The second-order valence-electron chi connectivity index (χ2n) is 4.45. The molecule has 0 aromatic carbocycles. The van der Waals surface area contributed by atoms with Gasteiger partial charge < -0.3 is 14.8 Å². The van der Waals surface area contributed by atoms with E-state index >= 15 is 0 Å². The molecule has 0 aliphatic carbocycles. The lowest BCUT2D eigenvalue weighted by Crippen LogP contribution is -2.46. The summed E-state index contributed by atoms with van der Waals surface area (Å²) in [6.07, 6.45) is 2.19. The highest BCUT2D eigenvalue weighted by Gasteiger charge is 2.26. The number of hydrogen-bond donors (Lipinski definition) is 1. The highest BCUT2D eigenvalue weighted by molar-refractivity contribution is 7.13. The molecule has 16 heavy (non-hydrogen) atoms. The number of thiophene rings is 1. The molecule has 2 rings (SSSR count). The van der Waals surface area contributed by atoms with E-state index in [1.54, 1.807) is 18.4 Å². The van der Waals surface area contributed by atoms with E-state index in [4.69, 9.17) is 9.47 Å². The van der Waals surface area contributed by atoms with Gasteiger partial charge in [0.1, 0.15) is 0 Å². The van der Waals surface area contributed by atoms with E-state index in [1.807, 2.05) is 6.07 Å². The lowest BCUT2D eigenvalue weighted by Gasteiger charge is -2.34. The summed E-state index contributed by atoms with van der Waals surface area (Å²) in [5.41, 5.74) is 0.232. The maximum atomic E-state index is 5.38. The molecule has 1 aromatic rings. The lowest BCUT2D eigenvalue weighted by atomic mass is 9.92. The summed E-state index contributed by atoms with van der Waals surface area (Å²) < 4.78 is 10.6. The molecule has 0 spiro atoms. The van der Waals surface area contributed by atoms with E-state index in [9.17, 15) is 0 Å². The summed E-state index contributed by atoms with van der Waals surface area (Å²) in [4.78, 5) is 1.32. The van der Waals surface area contributed by atoms with Gasteiger partial charge in [-0.15, -0.1) is 11.3 Å². The maximum Gasteiger partial charge on any atom is 0.173 e. The summed E-state index contributed by atoms with van der Waals surface area (Å²) in [5.74, 6) is 0. The number of methoxy groups -OCH3 is 1. The fourth-order valence-electron chi connectivity index (χ4n) is 1.86. The van der Waals surface area contributed by atoms with E-state index in [2.05, 4.69) is 18.3 Å². The van der Waals surface area contributed by atoms with Gasteiger partial charge in [0, 0.05) is 30.2 Å². The molecule has 0 radical (unpaired) electrons. The van der Waals surface area contributed by atoms with Crippen molar-refractivity contribution in [2.75, 3.05) is 20.3 Å². The molecule has 1 fully saturated rings. The van der Waals surface area contributed by atoms with Crippen LogP contribution in [0.1, 0.15) is 24.6 Å². The van der Waals surface area contributed by atoms with Crippen LogP contribution in [0.2, 0.25) is 0 Å². The van der Waals surface area contributed by atoms with Crippen LogP contribution < -0.4 is 10.1 Å². The molecule has 3 nitrogen and oxygen atoms in total. The van der Waals surface area contributed by atoms with Crippen LogP contribution in [0.15, 0.2) is 12.1 Å². The van der Waals surface area contributed by atoms with Crippen molar-refractivity contribution in [1.29, 1.82) is 0 Å². The highest BCUT2D eigenvalue weighted by Crippen LogP contribution is 2.25. The van der Waals surface area contributed by atoms with Crippen molar-refractivity contribution in [3.8, 4) is 5.06 Å². The lowest BCUT2D eigenvalue weighted by molar-refractivity contribution is 0.0447. The molecule has 0 saturated carbocycles. The summed E-state index contributed by atoms with van der Waals surface area (Å²) in [5, 5.41) is 4.61. The number of hydrogen-bond acceptors (Lipinski definition) is 4. The Bertz CT molecular complexity index is 332. The molecule has 0 atom stereocenters. The third kappa shape index (κ3) is 2.97. The van der Waals surface area contributed by atoms with Crippen LogP contribution in [-0.4, -0.2) is 25.9 Å². The monoisotopic (exact) mass is 241 g/mol. The minimum atomic E-state index is 0.232. The van der Waals surface area contributed by atoms with Gasteiger partial charge in [0.25, 0.3) is 0 Å². The van der Waals surface area contributed by atoms with Gasteiger partial charge in [-0.05, 0) is 31.9 Å². The number of ether oxygens (including phenoxy) is 2. The Hall–Kier alpha value is -0.580. The van der Waals surface area contributed by atoms with Crippen LogP contribution in [0.5, 0.6) is 5.06 Å². The van der Waals surface area contributed by atoms with Crippen molar-refractivity contribution in [2.24, 2.45) is 0 Å². The fourth-order valence-corrected chi connectivity index (χ4v) is 2.62. The predicted molar refractivity (Wildman–Crippen MR) is 66.2 cm³/mol. The van der Waals surface area contributed by atoms with Crippen molar-refractivity contribution in [3.05, 3.63) is 17.0 Å². The molecule has 1 aliphatic rings. The minimum absolute atomic E-state index is 0.232. The molecular formula is C12H19NO2S. The Balaban J connectivity index is 1.86. The van der Waals surface area contributed by atoms with Gasteiger partial charge in [0.2, 0.25) is 0 Å². The molecule has 1 N–H and O–H groups in total. The summed E-state index contributed by atoms with van der Waals surface area (Å²) in [7, 11) is 1.71. The third-order valence-corrected chi connectivity index (χ3v) is 4.17. The molecule has 1 aliphatic heterocycles. The SMILES string of the molecule is COc1ccc(CNC2(C)CCOCC2)s1. The Labute approximate surface area is 101 Å². The first-order valence-electron chi connectivity index (χ1n) is 5.67. The zero-order chi connectivity index (χ0) is 11.4. The Morgan fingerprint density at radius 2 is 2.19 bits per heavy atom. The van der Waals surface area contributed by atoms with Gasteiger partial charge in [-0.25, -0.2) is 0 Å². The zero-order valence-corrected chi connectivity index (χ0v) is 10.7. The summed E-state index contributed by atoms with van der Waals surface area (Å²) in [6, 6.07) is 4.15. The largest absolute Gasteiger partial charge is 0.487 e. The van der Waals surface area contributed by atoms with Crippen LogP contribution in [0.25, 0.3) is 0 Å². The van der Waals surface area contributed by atoms with Gasteiger partial charge in [-0.1, -0.05) is 0 Å². The average molecular weight is 241 g/mol. The van der Waals surface area contributed by atoms with Crippen LogP contribution in [0.4, 0.5) is 0 Å². The predicted octanol–water partition coefficient (Wildman–Crippen LogP) is 2.42. The van der Waals surface area contributed by atoms with Crippen LogP contribution in [0.3, 0.4) is 0 Å².